The molecule has 2 N–H and O–H groups in total. The molecule has 0 aliphatic rings. The first-order valence-electron chi connectivity index (χ1n) is 7.12. The van der Waals surface area contributed by atoms with Crippen LogP contribution in [0.2, 0.25) is 0 Å². The van der Waals surface area contributed by atoms with E-state index >= 15 is 0 Å². The van der Waals surface area contributed by atoms with Gasteiger partial charge in [0, 0.05) is 12.1 Å². The molecule has 3 nitrogen and oxygen atoms in total. The van der Waals surface area contributed by atoms with Gasteiger partial charge in [-0.3, -0.25) is 4.79 Å². The van der Waals surface area contributed by atoms with Crippen molar-refractivity contribution >= 4 is 5.91 Å². The molecule has 0 spiro atoms. The van der Waals surface area contributed by atoms with Crippen molar-refractivity contribution in [2.45, 2.75) is 46.2 Å². The molecule has 0 bridgehead atoms. The Morgan fingerprint density at radius 1 is 1.16 bits per heavy atom. The number of benzene rings is 1. The first-order chi connectivity index (χ1) is 9.04. The second-order valence-electron chi connectivity index (χ2n) is 5.35. The van der Waals surface area contributed by atoms with E-state index in [2.05, 4.69) is 43.5 Å². The SMILES string of the molecule is CCC(NCC(=O)NC(C)C(C)C)c1ccccc1. The zero-order chi connectivity index (χ0) is 14.3. The normalized spacial score (nSPS) is 14.2. The lowest BCUT2D eigenvalue weighted by Gasteiger charge is -2.20. The molecule has 0 heterocycles. The van der Waals surface area contributed by atoms with Crippen molar-refractivity contribution < 1.29 is 4.79 Å². The van der Waals surface area contributed by atoms with E-state index in [0.29, 0.717) is 12.5 Å². The number of nitrogens with one attached hydrogen (secondary N) is 2. The summed E-state index contributed by atoms with van der Waals surface area (Å²) in [4.78, 5) is 11.8. The van der Waals surface area contributed by atoms with Crippen LogP contribution >= 0.6 is 0 Å². The van der Waals surface area contributed by atoms with Gasteiger partial charge < -0.3 is 10.6 Å². The molecule has 3 heteroatoms. The molecule has 106 valence electrons. The van der Waals surface area contributed by atoms with Crippen LogP contribution in [0.4, 0.5) is 0 Å². The van der Waals surface area contributed by atoms with E-state index in [-0.39, 0.29) is 18.0 Å². The summed E-state index contributed by atoms with van der Waals surface area (Å²) in [7, 11) is 0. The van der Waals surface area contributed by atoms with E-state index in [4.69, 9.17) is 0 Å². The van der Waals surface area contributed by atoms with E-state index in [1.54, 1.807) is 0 Å². The van der Waals surface area contributed by atoms with Crippen LogP contribution in [0.5, 0.6) is 0 Å². The minimum absolute atomic E-state index is 0.0654. The molecule has 0 fully saturated rings. The summed E-state index contributed by atoms with van der Waals surface area (Å²) in [5.41, 5.74) is 1.23. The number of rotatable bonds is 7. The number of amides is 1. The third-order valence-corrected chi connectivity index (χ3v) is 3.51. The lowest BCUT2D eigenvalue weighted by molar-refractivity contribution is -0.121. The van der Waals surface area contributed by atoms with Crippen molar-refractivity contribution in [3.8, 4) is 0 Å². The summed E-state index contributed by atoms with van der Waals surface area (Å²) in [6.07, 6.45) is 0.969. The predicted octanol–water partition coefficient (Wildman–Crippen LogP) is 2.89. The highest BCUT2D eigenvalue weighted by molar-refractivity contribution is 5.78. The van der Waals surface area contributed by atoms with Crippen molar-refractivity contribution in [3.05, 3.63) is 35.9 Å². The molecule has 1 amide bonds. The van der Waals surface area contributed by atoms with Crippen LogP contribution in [0.15, 0.2) is 30.3 Å². The fraction of sp³-hybridized carbons (Fsp3) is 0.562. The van der Waals surface area contributed by atoms with Gasteiger partial charge in [-0.15, -0.1) is 0 Å². The molecular weight excluding hydrogens is 236 g/mol. The quantitative estimate of drug-likeness (QED) is 0.793. The van der Waals surface area contributed by atoms with Gasteiger partial charge in [0.1, 0.15) is 0 Å². The second kappa shape index (κ2) is 7.95. The molecule has 0 radical (unpaired) electrons. The summed E-state index contributed by atoms with van der Waals surface area (Å²) < 4.78 is 0. The standard InChI is InChI=1S/C16H26N2O/c1-5-15(14-9-7-6-8-10-14)17-11-16(19)18-13(4)12(2)3/h6-10,12-13,15,17H,5,11H2,1-4H3,(H,18,19). The van der Waals surface area contributed by atoms with Crippen LogP contribution < -0.4 is 10.6 Å². The molecule has 1 aromatic rings. The van der Waals surface area contributed by atoms with Gasteiger partial charge >= 0.3 is 0 Å². The van der Waals surface area contributed by atoms with Gasteiger partial charge in [0.25, 0.3) is 0 Å². The Balaban J connectivity index is 2.44. The van der Waals surface area contributed by atoms with Crippen LogP contribution in [0.1, 0.15) is 45.7 Å². The highest BCUT2D eigenvalue weighted by Gasteiger charge is 2.13. The van der Waals surface area contributed by atoms with Gasteiger partial charge in [0.05, 0.1) is 6.54 Å². The van der Waals surface area contributed by atoms with E-state index in [9.17, 15) is 4.79 Å². The van der Waals surface area contributed by atoms with Crippen molar-refractivity contribution in [3.63, 3.8) is 0 Å². The monoisotopic (exact) mass is 262 g/mol. The maximum atomic E-state index is 11.8. The number of carbonyl (C=O) groups is 1. The minimum atomic E-state index is 0.0654. The largest absolute Gasteiger partial charge is 0.352 e. The fourth-order valence-corrected chi connectivity index (χ4v) is 1.87. The number of hydrogen-bond acceptors (Lipinski definition) is 2. The van der Waals surface area contributed by atoms with Gasteiger partial charge in [-0.1, -0.05) is 51.1 Å². The Bertz CT molecular complexity index is 376. The molecule has 0 saturated carbocycles. The van der Waals surface area contributed by atoms with Gasteiger partial charge in [-0.2, -0.15) is 0 Å². The van der Waals surface area contributed by atoms with Crippen LogP contribution in [-0.2, 0) is 4.79 Å². The zero-order valence-electron chi connectivity index (χ0n) is 12.4. The molecule has 0 saturated heterocycles. The average Bonchev–Trinajstić information content (AvgIpc) is 2.40. The third kappa shape index (κ3) is 5.43. The molecule has 2 unspecified atom stereocenters. The van der Waals surface area contributed by atoms with Crippen LogP contribution in [0, 0.1) is 5.92 Å². The van der Waals surface area contributed by atoms with Crippen LogP contribution in [0.25, 0.3) is 0 Å². The second-order valence-corrected chi connectivity index (χ2v) is 5.35. The maximum absolute atomic E-state index is 11.8. The average molecular weight is 262 g/mol. The van der Waals surface area contributed by atoms with Gasteiger partial charge in [0.2, 0.25) is 5.91 Å². The topological polar surface area (TPSA) is 41.1 Å². The predicted molar refractivity (Wildman–Crippen MR) is 79.9 cm³/mol. The summed E-state index contributed by atoms with van der Waals surface area (Å²) in [5.74, 6) is 0.524. The summed E-state index contributed by atoms with van der Waals surface area (Å²) in [5, 5.41) is 6.33. The molecule has 0 aromatic heterocycles. The van der Waals surface area contributed by atoms with Crippen molar-refractivity contribution in [2.75, 3.05) is 6.54 Å². The zero-order valence-corrected chi connectivity index (χ0v) is 12.4. The first-order valence-corrected chi connectivity index (χ1v) is 7.12. The first kappa shape index (κ1) is 15.7. The fourth-order valence-electron chi connectivity index (χ4n) is 1.87. The highest BCUT2D eigenvalue weighted by atomic mass is 16.1. The summed E-state index contributed by atoms with van der Waals surface area (Å²) in [6, 6.07) is 10.7. The highest BCUT2D eigenvalue weighted by Crippen LogP contribution is 2.15. The lowest BCUT2D eigenvalue weighted by Crippen LogP contribution is -2.42. The number of carbonyl (C=O) groups excluding carboxylic acids is 1. The lowest BCUT2D eigenvalue weighted by atomic mass is 10.0. The van der Waals surface area contributed by atoms with E-state index in [1.165, 1.54) is 5.56 Å². The van der Waals surface area contributed by atoms with E-state index < -0.39 is 0 Å². The van der Waals surface area contributed by atoms with Gasteiger partial charge in [-0.05, 0) is 24.8 Å². The van der Waals surface area contributed by atoms with Gasteiger partial charge in [0.15, 0.2) is 0 Å². The van der Waals surface area contributed by atoms with E-state index in [1.807, 2.05) is 25.1 Å². The van der Waals surface area contributed by atoms with Crippen molar-refractivity contribution in [1.29, 1.82) is 0 Å². The molecular formula is C16H26N2O. The van der Waals surface area contributed by atoms with E-state index in [0.717, 1.165) is 6.42 Å². The Morgan fingerprint density at radius 3 is 2.32 bits per heavy atom. The Kier molecular flexibility index (Phi) is 6.57. The van der Waals surface area contributed by atoms with Crippen molar-refractivity contribution in [1.82, 2.24) is 10.6 Å². The molecule has 1 rings (SSSR count). The molecule has 1 aromatic carbocycles. The Hall–Kier alpha value is -1.35. The minimum Gasteiger partial charge on any atom is -0.352 e. The summed E-state index contributed by atoms with van der Waals surface area (Å²) >= 11 is 0. The summed E-state index contributed by atoms with van der Waals surface area (Å²) in [6.45, 7) is 8.75. The number of hydrogen-bond donors (Lipinski definition) is 2. The smallest absolute Gasteiger partial charge is 0.234 e. The Morgan fingerprint density at radius 2 is 1.79 bits per heavy atom. The molecule has 19 heavy (non-hydrogen) atoms. The molecule has 2 atom stereocenters. The van der Waals surface area contributed by atoms with Crippen molar-refractivity contribution in [2.24, 2.45) is 5.92 Å². The Labute approximate surface area is 116 Å². The third-order valence-electron chi connectivity index (χ3n) is 3.51. The van der Waals surface area contributed by atoms with Gasteiger partial charge in [-0.25, -0.2) is 0 Å². The van der Waals surface area contributed by atoms with Crippen LogP contribution in [0.3, 0.4) is 0 Å². The molecule has 0 aliphatic carbocycles. The van der Waals surface area contributed by atoms with Crippen LogP contribution in [-0.4, -0.2) is 18.5 Å². The molecule has 0 aliphatic heterocycles. The maximum Gasteiger partial charge on any atom is 0.234 e.